The van der Waals surface area contributed by atoms with Gasteiger partial charge < -0.3 is 15.2 Å². The lowest BCUT2D eigenvalue weighted by Gasteiger charge is -2.12. The third kappa shape index (κ3) is 5.07. The molecule has 122 valence electrons. The van der Waals surface area contributed by atoms with Crippen molar-refractivity contribution in [1.82, 2.24) is 4.98 Å². The molecule has 0 aliphatic heterocycles. The first-order valence-corrected chi connectivity index (χ1v) is 7.69. The van der Waals surface area contributed by atoms with Gasteiger partial charge in [0.25, 0.3) is 5.91 Å². The number of nitrogens with zero attached hydrogens (tertiary/aromatic N) is 1. The van der Waals surface area contributed by atoms with Crippen LogP contribution in [0.25, 0.3) is 0 Å². The van der Waals surface area contributed by atoms with E-state index >= 15 is 0 Å². The Kier molecular flexibility index (Phi) is 6.11. The van der Waals surface area contributed by atoms with Gasteiger partial charge in [0.1, 0.15) is 5.56 Å². The lowest BCUT2D eigenvalue weighted by atomic mass is 10.1. The number of nitrogens with one attached hydrogen (secondary N) is 1. The second kappa shape index (κ2) is 8.29. The number of benzene rings is 1. The molecule has 2 rings (SSSR count). The summed E-state index contributed by atoms with van der Waals surface area (Å²) in [5.74, 6) is 0.439. The smallest absolute Gasteiger partial charge is 0.261 e. The fourth-order valence-electron chi connectivity index (χ4n) is 2.01. The van der Waals surface area contributed by atoms with Crippen LogP contribution in [-0.4, -0.2) is 29.2 Å². The van der Waals surface area contributed by atoms with Gasteiger partial charge in [-0.05, 0) is 42.2 Å². The van der Waals surface area contributed by atoms with Gasteiger partial charge in [-0.3, -0.25) is 4.79 Å². The molecule has 0 atom stereocenters. The molecule has 2 aromatic rings. The number of carbonyl (C=O) groups is 1. The van der Waals surface area contributed by atoms with Gasteiger partial charge in [0, 0.05) is 18.5 Å². The maximum Gasteiger partial charge on any atom is 0.261 e. The van der Waals surface area contributed by atoms with Crippen molar-refractivity contribution < 1.29 is 14.6 Å². The summed E-state index contributed by atoms with van der Waals surface area (Å²) in [6.45, 7) is 4.69. The number of rotatable bonds is 7. The van der Waals surface area contributed by atoms with E-state index in [2.05, 4.69) is 10.3 Å². The molecule has 0 bridgehead atoms. The lowest BCUT2D eigenvalue weighted by molar-refractivity contribution is 0.102. The van der Waals surface area contributed by atoms with E-state index in [0.29, 0.717) is 36.1 Å². The summed E-state index contributed by atoms with van der Waals surface area (Å²) in [5, 5.41) is 11.7. The summed E-state index contributed by atoms with van der Waals surface area (Å²) in [5.41, 5.74) is 2.12. The SMILES string of the molecule is CC(C)COc1ncccc1C(=O)Nc1ccc(CCO)cc1. The van der Waals surface area contributed by atoms with E-state index in [0.717, 1.165) is 5.56 Å². The zero-order valence-corrected chi connectivity index (χ0v) is 13.5. The topological polar surface area (TPSA) is 71.5 Å². The molecule has 0 aliphatic rings. The predicted molar refractivity (Wildman–Crippen MR) is 89.8 cm³/mol. The van der Waals surface area contributed by atoms with E-state index in [4.69, 9.17) is 9.84 Å². The Bertz CT molecular complexity index is 639. The molecule has 0 fully saturated rings. The maximum atomic E-state index is 12.4. The Hall–Kier alpha value is -2.40. The Morgan fingerprint density at radius 2 is 2.00 bits per heavy atom. The number of pyridine rings is 1. The summed E-state index contributed by atoms with van der Waals surface area (Å²) in [6.07, 6.45) is 2.21. The molecule has 2 N–H and O–H groups in total. The van der Waals surface area contributed by atoms with E-state index in [1.54, 1.807) is 18.3 Å². The van der Waals surface area contributed by atoms with E-state index in [1.165, 1.54) is 0 Å². The van der Waals surface area contributed by atoms with E-state index in [-0.39, 0.29) is 12.5 Å². The zero-order chi connectivity index (χ0) is 16.7. The Balaban J connectivity index is 2.08. The Morgan fingerprint density at radius 1 is 1.26 bits per heavy atom. The zero-order valence-electron chi connectivity index (χ0n) is 13.5. The van der Waals surface area contributed by atoms with Gasteiger partial charge in [-0.2, -0.15) is 0 Å². The number of ether oxygens (including phenoxy) is 1. The highest BCUT2D eigenvalue weighted by atomic mass is 16.5. The van der Waals surface area contributed by atoms with Crippen LogP contribution in [0.15, 0.2) is 42.6 Å². The largest absolute Gasteiger partial charge is 0.477 e. The highest BCUT2D eigenvalue weighted by Crippen LogP contribution is 2.18. The number of hydrogen-bond donors (Lipinski definition) is 2. The number of aromatic nitrogens is 1. The molecular formula is C18H22N2O3. The second-order valence-corrected chi connectivity index (χ2v) is 5.69. The summed E-state index contributed by atoms with van der Waals surface area (Å²) in [7, 11) is 0. The van der Waals surface area contributed by atoms with Crippen molar-refractivity contribution in [3.63, 3.8) is 0 Å². The first-order chi connectivity index (χ1) is 11.1. The van der Waals surface area contributed by atoms with E-state index in [1.807, 2.05) is 38.1 Å². The molecule has 1 heterocycles. The average Bonchev–Trinajstić information content (AvgIpc) is 2.55. The Labute approximate surface area is 136 Å². The molecule has 23 heavy (non-hydrogen) atoms. The van der Waals surface area contributed by atoms with Crippen molar-refractivity contribution in [1.29, 1.82) is 0 Å². The molecule has 0 spiro atoms. The lowest BCUT2D eigenvalue weighted by Crippen LogP contribution is -2.15. The predicted octanol–water partition coefficient (Wildman–Crippen LogP) is 2.90. The second-order valence-electron chi connectivity index (χ2n) is 5.69. The quantitative estimate of drug-likeness (QED) is 0.824. The average molecular weight is 314 g/mol. The van der Waals surface area contributed by atoms with Crippen LogP contribution in [0.5, 0.6) is 5.88 Å². The summed E-state index contributed by atoms with van der Waals surface area (Å²) in [6, 6.07) is 10.8. The summed E-state index contributed by atoms with van der Waals surface area (Å²) < 4.78 is 5.61. The normalized spacial score (nSPS) is 10.6. The van der Waals surface area contributed by atoms with Gasteiger partial charge in [0.2, 0.25) is 5.88 Å². The molecular weight excluding hydrogens is 292 g/mol. The van der Waals surface area contributed by atoms with Crippen LogP contribution in [0.3, 0.4) is 0 Å². The van der Waals surface area contributed by atoms with E-state index in [9.17, 15) is 4.79 Å². The first-order valence-electron chi connectivity index (χ1n) is 7.69. The van der Waals surface area contributed by atoms with Crippen LogP contribution in [0.4, 0.5) is 5.69 Å². The van der Waals surface area contributed by atoms with Crippen LogP contribution in [-0.2, 0) is 6.42 Å². The number of aliphatic hydroxyl groups excluding tert-OH is 1. The highest BCUT2D eigenvalue weighted by molar-refractivity contribution is 6.05. The molecule has 0 aliphatic carbocycles. The van der Waals surface area contributed by atoms with Crippen molar-refractivity contribution in [2.24, 2.45) is 5.92 Å². The van der Waals surface area contributed by atoms with Crippen LogP contribution in [0.1, 0.15) is 29.8 Å². The van der Waals surface area contributed by atoms with Crippen LogP contribution >= 0.6 is 0 Å². The Morgan fingerprint density at radius 3 is 2.65 bits per heavy atom. The van der Waals surface area contributed by atoms with Gasteiger partial charge in [0.15, 0.2) is 0 Å². The minimum absolute atomic E-state index is 0.109. The molecule has 0 radical (unpaired) electrons. The van der Waals surface area contributed by atoms with Crippen molar-refractivity contribution in [2.75, 3.05) is 18.5 Å². The van der Waals surface area contributed by atoms with Crippen molar-refractivity contribution >= 4 is 11.6 Å². The number of anilines is 1. The maximum absolute atomic E-state index is 12.4. The molecule has 5 heteroatoms. The third-order valence-electron chi connectivity index (χ3n) is 3.18. The molecule has 1 aromatic heterocycles. The molecule has 0 unspecified atom stereocenters. The van der Waals surface area contributed by atoms with Crippen LogP contribution in [0.2, 0.25) is 0 Å². The number of aliphatic hydroxyl groups is 1. The van der Waals surface area contributed by atoms with Gasteiger partial charge >= 0.3 is 0 Å². The van der Waals surface area contributed by atoms with Crippen molar-refractivity contribution in [2.45, 2.75) is 20.3 Å². The van der Waals surface area contributed by atoms with Gasteiger partial charge in [-0.25, -0.2) is 4.98 Å². The number of carbonyl (C=O) groups excluding carboxylic acids is 1. The monoisotopic (exact) mass is 314 g/mol. The molecule has 1 amide bonds. The highest BCUT2D eigenvalue weighted by Gasteiger charge is 2.14. The standard InChI is InChI=1S/C18H22N2O3/c1-13(2)12-23-18-16(4-3-10-19-18)17(22)20-15-7-5-14(6-8-15)9-11-21/h3-8,10,13,21H,9,11-12H2,1-2H3,(H,20,22). The molecule has 1 aromatic carbocycles. The minimum Gasteiger partial charge on any atom is -0.477 e. The van der Waals surface area contributed by atoms with E-state index < -0.39 is 0 Å². The van der Waals surface area contributed by atoms with Crippen LogP contribution < -0.4 is 10.1 Å². The summed E-state index contributed by atoms with van der Waals surface area (Å²) in [4.78, 5) is 16.6. The number of hydrogen-bond acceptors (Lipinski definition) is 4. The first kappa shape index (κ1) is 17.0. The molecule has 0 saturated heterocycles. The fraction of sp³-hybridized carbons (Fsp3) is 0.333. The van der Waals surface area contributed by atoms with Crippen molar-refractivity contribution in [3.8, 4) is 5.88 Å². The van der Waals surface area contributed by atoms with Gasteiger partial charge in [-0.1, -0.05) is 26.0 Å². The fourth-order valence-corrected chi connectivity index (χ4v) is 2.01. The van der Waals surface area contributed by atoms with Gasteiger partial charge in [-0.15, -0.1) is 0 Å². The molecule has 0 saturated carbocycles. The van der Waals surface area contributed by atoms with Crippen molar-refractivity contribution in [3.05, 3.63) is 53.7 Å². The third-order valence-corrected chi connectivity index (χ3v) is 3.18. The molecule has 5 nitrogen and oxygen atoms in total. The number of amides is 1. The summed E-state index contributed by atoms with van der Waals surface area (Å²) >= 11 is 0. The van der Waals surface area contributed by atoms with Crippen LogP contribution in [0, 0.1) is 5.92 Å². The minimum atomic E-state index is -0.258. The van der Waals surface area contributed by atoms with Gasteiger partial charge in [0.05, 0.1) is 6.61 Å².